The highest BCUT2D eigenvalue weighted by Gasteiger charge is 2.12. The van der Waals surface area contributed by atoms with Crippen LogP contribution in [0.2, 0.25) is 0 Å². The normalized spacial score (nSPS) is 9.94. The molecule has 17 heavy (non-hydrogen) atoms. The second kappa shape index (κ2) is 5.83. The van der Waals surface area contributed by atoms with Crippen molar-refractivity contribution in [3.8, 4) is 0 Å². The summed E-state index contributed by atoms with van der Waals surface area (Å²) < 4.78 is 13.0. The van der Waals surface area contributed by atoms with Crippen LogP contribution in [0, 0.1) is 5.82 Å². The van der Waals surface area contributed by atoms with Gasteiger partial charge in [0, 0.05) is 12.2 Å². The van der Waals surface area contributed by atoms with Gasteiger partial charge in [0.15, 0.2) is 0 Å². The van der Waals surface area contributed by atoms with Crippen LogP contribution in [-0.4, -0.2) is 35.2 Å². The van der Waals surface area contributed by atoms with E-state index in [0.717, 1.165) is 0 Å². The average Bonchev–Trinajstić information content (AvgIpc) is 2.23. The molecule has 0 bridgehead atoms. The van der Waals surface area contributed by atoms with Gasteiger partial charge in [-0.25, -0.2) is 4.39 Å². The number of carboxylic acid groups (broad SMARTS) is 2. The standard InChI is InChI=1S/C11H12FNO4/c12-8-2-1-3-9(6-8)13(7-11(16)17)5-4-10(14)15/h1-3,6H,4-5,7H2,(H,14,15)(H,16,17). The van der Waals surface area contributed by atoms with Crippen LogP contribution in [0.25, 0.3) is 0 Å². The Labute approximate surface area is 97.1 Å². The van der Waals surface area contributed by atoms with Gasteiger partial charge in [0.1, 0.15) is 12.4 Å². The fourth-order valence-electron chi connectivity index (χ4n) is 1.37. The molecule has 0 aliphatic carbocycles. The molecule has 92 valence electrons. The highest BCUT2D eigenvalue weighted by atomic mass is 19.1. The molecule has 0 heterocycles. The van der Waals surface area contributed by atoms with Crippen molar-refractivity contribution in [2.75, 3.05) is 18.0 Å². The van der Waals surface area contributed by atoms with Gasteiger partial charge in [-0.3, -0.25) is 9.59 Å². The monoisotopic (exact) mass is 241 g/mol. The zero-order chi connectivity index (χ0) is 12.8. The van der Waals surface area contributed by atoms with E-state index in [-0.39, 0.29) is 19.5 Å². The lowest BCUT2D eigenvalue weighted by Gasteiger charge is -2.21. The summed E-state index contributed by atoms with van der Waals surface area (Å²) in [5, 5.41) is 17.2. The summed E-state index contributed by atoms with van der Waals surface area (Å²) in [6.07, 6.45) is -0.205. The molecule has 0 spiro atoms. The van der Waals surface area contributed by atoms with Gasteiger partial charge >= 0.3 is 11.9 Å². The maximum absolute atomic E-state index is 13.0. The maximum Gasteiger partial charge on any atom is 0.323 e. The third kappa shape index (κ3) is 4.50. The van der Waals surface area contributed by atoms with Crippen LogP contribution in [0.15, 0.2) is 24.3 Å². The van der Waals surface area contributed by atoms with E-state index in [0.29, 0.717) is 5.69 Å². The van der Waals surface area contributed by atoms with Gasteiger partial charge in [-0.1, -0.05) is 6.07 Å². The summed E-state index contributed by atoms with van der Waals surface area (Å²) in [6.45, 7) is -0.345. The predicted octanol–water partition coefficient (Wildman–Crippen LogP) is 1.19. The molecule has 0 amide bonds. The molecule has 0 unspecified atom stereocenters. The number of halogens is 1. The van der Waals surface area contributed by atoms with Crippen LogP contribution >= 0.6 is 0 Å². The Kier molecular flexibility index (Phi) is 4.45. The lowest BCUT2D eigenvalue weighted by molar-refractivity contribution is -0.138. The van der Waals surface area contributed by atoms with E-state index in [1.54, 1.807) is 0 Å². The smallest absolute Gasteiger partial charge is 0.323 e. The quantitative estimate of drug-likeness (QED) is 0.782. The zero-order valence-corrected chi connectivity index (χ0v) is 8.97. The van der Waals surface area contributed by atoms with Crippen molar-refractivity contribution in [2.24, 2.45) is 0 Å². The molecular formula is C11H12FNO4. The van der Waals surface area contributed by atoms with E-state index in [4.69, 9.17) is 10.2 Å². The van der Waals surface area contributed by atoms with E-state index in [9.17, 15) is 14.0 Å². The summed E-state index contributed by atoms with van der Waals surface area (Å²) >= 11 is 0. The molecule has 0 radical (unpaired) electrons. The molecule has 0 fully saturated rings. The number of carbonyl (C=O) groups is 2. The van der Waals surface area contributed by atoms with Gasteiger partial charge in [-0.15, -0.1) is 0 Å². The minimum Gasteiger partial charge on any atom is -0.481 e. The molecule has 5 nitrogen and oxygen atoms in total. The van der Waals surface area contributed by atoms with E-state index >= 15 is 0 Å². The van der Waals surface area contributed by atoms with E-state index in [1.165, 1.54) is 29.2 Å². The first-order valence-electron chi connectivity index (χ1n) is 4.93. The number of carboxylic acids is 2. The van der Waals surface area contributed by atoms with Crippen molar-refractivity contribution < 1.29 is 24.2 Å². The lowest BCUT2D eigenvalue weighted by Crippen LogP contribution is -2.31. The fraction of sp³-hybridized carbons (Fsp3) is 0.273. The third-order valence-electron chi connectivity index (χ3n) is 2.10. The molecule has 1 rings (SSSR count). The van der Waals surface area contributed by atoms with Crippen LogP contribution < -0.4 is 4.90 Å². The van der Waals surface area contributed by atoms with Crippen molar-refractivity contribution >= 4 is 17.6 Å². The first kappa shape index (κ1) is 13.0. The molecule has 1 aromatic carbocycles. The first-order chi connectivity index (χ1) is 7.99. The highest BCUT2D eigenvalue weighted by molar-refractivity contribution is 5.74. The number of hydrogen-bond acceptors (Lipinski definition) is 3. The average molecular weight is 241 g/mol. The lowest BCUT2D eigenvalue weighted by atomic mass is 10.2. The number of rotatable bonds is 6. The number of hydrogen-bond donors (Lipinski definition) is 2. The summed E-state index contributed by atoms with van der Waals surface area (Å²) in [5.74, 6) is -2.62. The summed E-state index contributed by atoms with van der Waals surface area (Å²) in [6, 6.07) is 5.39. The van der Waals surface area contributed by atoms with Crippen molar-refractivity contribution in [1.82, 2.24) is 0 Å². The predicted molar refractivity (Wildman–Crippen MR) is 58.5 cm³/mol. The molecule has 0 atom stereocenters. The Hall–Kier alpha value is -2.11. The third-order valence-corrected chi connectivity index (χ3v) is 2.10. The minimum absolute atomic E-state index is 0.0189. The molecule has 6 heteroatoms. The van der Waals surface area contributed by atoms with E-state index in [1.807, 2.05) is 0 Å². The van der Waals surface area contributed by atoms with Crippen molar-refractivity contribution in [3.05, 3.63) is 30.1 Å². The first-order valence-corrected chi connectivity index (χ1v) is 4.93. The second-order valence-electron chi connectivity index (χ2n) is 3.44. The van der Waals surface area contributed by atoms with Gasteiger partial charge in [0.2, 0.25) is 0 Å². The number of anilines is 1. The summed E-state index contributed by atoms with van der Waals surface area (Å²) in [4.78, 5) is 22.4. The van der Waals surface area contributed by atoms with Crippen LogP contribution in [0.5, 0.6) is 0 Å². The summed E-state index contributed by atoms with van der Waals surface area (Å²) in [5.41, 5.74) is 0.355. The van der Waals surface area contributed by atoms with Gasteiger partial charge in [0.25, 0.3) is 0 Å². The molecular weight excluding hydrogens is 229 g/mol. The molecule has 0 aromatic heterocycles. The minimum atomic E-state index is -1.10. The fourth-order valence-corrected chi connectivity index (χ4v) is 1.37. The molecule has 0 saturated carbocycles. The van der Waals surface area contributed by atoms with Gasteiger partial charge < -0.3 is 15.1 Å². The Bertz CT molecular complexity index is 422. The van der Waals surface area contributed by atoms with Crippen molar-refractivity contribution in [2.45, 2.75) is 6.42 Å². The summed E-state index contributed by atoms with van der Waals surface area (Å²) in [7, 11) is 0. The zero-order valence-electron chi connectivity index (χ0n) is 8.97. The molecule has 0 aliphatic rings. The van der Waals surface area contributed by atoms with Crippen molar-refractivity contribution in [1.29, 1.82) is 0 Å². The van der Waals surface area contributed by atoms with Crippen LogP contribution in [0.3, 0.4) is 0 Å². The molecule has 2 N–H and O–H groups in total. The van der Waals surface area contributed by atoms with Gasteiger partial charge in [-0.05, 0) is 18.2 Å². The molecule has 0 saturated heterocycles. The SMILES string of the molecule is O=C(O)CCN(CC(=O)O)c1cccc(F)c1. The Morgan fingerprint density at radius 1 is 1.24 bits per heavy atom. The van der Waals surface area contributed by atoms with Gasteiger partial charge in [0.05, 0.1) is 6.42 Å². The van der Waals surface area contributed by atoms with Crippen molar-refractivity contribution in [3.63, 3.8) is 0 Å². The van der Waals surface area contributed by atoms with Crippen LogP contribution in [0.1, 0.15) is 6.42 Å². The largest absolute Gasteiger partial charge is 0.481 e. The van der Waals surface area contributed by atoms with Crippen LogP contribution in [0.4, 0.5) is 10.1 Å². The Morgan fingerprint density at radius 2 is 1.94 bits per heavy atom. The molecule has 0 aliphatic heterocycles. The highest BCUT2D eigenvalue weighted by Crippen LogP contribution is 2.15. The molecule has 1 aromatic rings. The van der Waals surface area contributed by atoms with E-state index < -0.39 is 17.8 Å². The topological polar surface area (TPSA) is 77.8 Å². The Balaban J connectivity index is 2.81. The number of nitrogens with zero attached hydrogens (tertiary/aromatic N) is 1. The van der Waals surface area contributed by atoms with E-state index in [2.05, 4.69) is 0 Å². The maximum atomic E-state index is 13.0. The number of benzene rings is 1. The Morgan fingerprint density at radius 3 is 2.47 bits per heavy atom. The second-order valence-corrected chi connectivity index (χ2v) is 3.44. The van der Waals surface area contributed by atoms with Crippen LogP contribution in [-0.2, 0) is 9.59 Å². The van der Waals surface area contributed by atoms with Gasteiger partial charge in [-0.2, -0.15) is 0 Å². The number of aliphatic carboxylic acids is 2.